The summed E-state index contributed by atoms with van der Waals surface area (Å²) in [7, 11) is 2.14. The fourth-order valence-corrected chi connectivity index (χ4v) is 8.44. The lowest BCUT2D eigenvalue weighted by Gasteiger charge is -2.43. The number of amides is 1. The molecule has 7 rings (SSSR count). The van der Waals surface area contributed by atoms with Crippen LogP contribution in [0.4, 0.5) is 16.3 Å². The van der Waals surface area contributed by atoms with Gasteiger partial charge in [-0.1, -0.05) is 40.2 Å². The van der Waals surface area contributed by atoms with Gasteiger partial charge in [-0.15, -0.1) is 0 Å². The minimum atomic E-state index is -0.536. The van der Waals surface area contributed by atoms with Gasteiger partial charge in [-0.3, -0.25) is 0 Å². The van der Waals surface area contributed by atoms with Gasteiger partial charge in [-0.25, -0.2) is 4.79 Å². The van der Waals surface area contributed by atoms with Gasteiger partial charge in [0.2, 0.25) is 5.88 Å². The van der Waals surface area contributed by atoms with Crippen LogP contribution in [0.25, 0.3) is 10.8 Å². The SMILES string of the molecule is CN1CCC[C@H]1COc1nc(N2C3CCC2CN(C(=O)OC(C)(C)C)C3)c2c(c1C#N)CN(c1cccc3cccc(Br)c13)CC2. The molecule has 5 heterocycles. The molecule has 0 N–H and O–H groups in total. The number of benzene rings is 2. The van der Waals surface area contributed by atoms with Gasteiger partial charge in [-0.2, -0.15) is 10.2 Å². The molecule has 4 aliphatic rings. The summed E-state index contributed by atoms with van der Waals surface area (Å²) in [6.07, 6.45) is 4.72. The molecule has 4 aliphatic heterocycles. The van der Waals surface area contributed by atoms with Crippen LogP contribution >= 0.6 is 15.9 Å². The summed E-state index contributed by atoms with van der Waals surface area (Å²) in [5.74, 6) is 1.37. The normalized spacial score (nSPS) is 23.0. The van der Waals surface area contributed by atoms with Crippen LogP contribution in [0, 0.1) is 11.3 Å². The van der Waals surface area contributed by atoms with Gasteiger partial charge >= 0.3 is 6.09 Å². The van der Waals surface area contributed by atoms with E-state index in [4.69, 9.17) is 14.5 Å². The van der Waals surface area contributed by atoms with Crippen LogP contribution in [0.1, 0.15) is 63.1 Å². The number of ether oxygens (including phenoxy) is 2. The highest BCUT2D eigenvalue weighted by Gasteiger charge is 2.45. The summed E-state index contributed by atoms with van der Waals surface area (Å²) in [5, 5.41) is 13.0. The zero-order valence-electron chi connectivity index (χ0n) is 27.3. The van der Waals surface area contributed by atoms with Crippen LogP contribution in [-0.4, -0.2) is 84.4 Å². The quantitative estimate of drug-likeness (QED) is 0.301. The molecule has 242 valence electrons. The van der Waals surface area contributed by atoms with Crippen LogP contribution in [0.3, 0.4) is 0 Å². The predicted octanol–water partition coefficient (Wildman–Crippen LogP) is 6.49. The predicted molar refractivity (Wildman–Crippen MR) is 184 cm³/mol. The van der Waals surface area contributed by atoms with Crippen LogP contribution < -0.4 is 14.5 Å². The topological polar surface area (TPSA) is 85.2 Å². The van der Waals surface area contributed by atoms with Crippen molar-refractivity contribution in [1.29, 1.82) is 5.26 Å². The van der Waals surface area contributed by atoms with Gasteiger partial charge in [0.15, 0.2) is 0 Å². The third kappa shape index (κ3) is 5.77. The number of halogens is 1. The fourth-order valence-electron chi connectivity index (χ4n) is 7.86. The number of anilines is 2. The average molecular weight is 688 g/mol. The maximum absolute atomic E-state index is 13.1. The van der Waals surface area contributed by atoms with E-state index < -0.39 is 5.60 Å². The molecular formula is C36H43BrN6O3. The molecule has 3 saturated heterocycles. The maximum atomic E-state index is 13.1. The molecule has 9 nitrogen and oxygen atoms in total. The van der Waals surface area contributed by atoms with E-state index in [1.165, 1.54) is 10.8 Å². The molecular weight excluding hydrogens is 644 g/mol. The molecule has 3 aromatic rings. The maximum Gasteiger partial charge on any atom is 0.410 e. The first kappa shape index (κ1) is 31.1. The van der Waals surface area contributed by atoms with Crippen molar-refractivity contribution < 1.29 is 14.3 Å². The average Bonchev–Trinajstić information content (AvgIpc) is 3.55. The Balaban J connectivity index is 1.26. The van der Waals surface area contributed by atoms with Crippen LogP contribution in [-0.2, 0) is 17.7 Å². The number of piperazine rings is 1. The number of nitriles is 1. The Morgan fingerprint density at radius 2 is 1.80 bits per heavy atom. The molecule has 0 radical (unpaired) electrons. The van der Waals surface area contributed by atoms with E-state index in [0.29, 0.717) is 43.7 Å². The van der Waals surface area contributed by atoms with E-state index >= 15 is 0 Å². The highest BCUT2D eigenvalue weighted by Crippen LogP contribution is 2.43. The minimum absolute atomic E-state index is 0.136. The first-order valence-corrected chi connectivity index (χ1v) is 17.4. The van der Waals surface area contributed by atoms with E-state index in [-0.39, 0.29) is 18.2 Å². The van der Waals surface area contributed by atoms with Crippen molar-refractivity contribution in [2.75, 3.05) is 49.6 Å². The zero-order valence-corrected chi connectivity index (χ0v) is 28.8. The third-order valence-corrected chi connectivity index (χ3v) is 10.7. The fraction of sp³-hybridized carbons (Fsp3) is 0.528. The number of fused-ring (bicyclic) bond motifs is 4. The lowest BCUT2D eigenvalue weighted by Crippen LogP contribution is -2.56. The van der Waals surface area contributed by atoms with Crippen molar-refractivity contribution in [1.82, 2.24) is 14.8 Å². The van der Waals surface area contributed by atoms with Gasteiger partial charge in [0.1, 0.15) is 29.7 Å². The van der Waals surface area contributed by atoms with Gasteiger partial charge in [-0.05, 0) is 84.0 Å². The second kappa shape index (κ2) is 12.2. The molecule has 2 bridgehead atoms. The second-order valence-electron chi connectivity index (χ2n) is 14.2. The summed E-state index contributed by atoms with van der Waals surface area (Å²) in [5.41, 5.74) is 3.31. The van der Waals surface area contributed by atoms with Crippen LogP contribution in [0.5, 0.6) is 5.88 Å². The Bertz CT molecular complexity index is 1680. The number of rotatable bonds is 5. The lowest BCUT2D eigenvalue weighted by molar-refractivity contribution is 0.0209. The second-order valence-corrected chi connectivity index (χ2v) is 15.1. The Labute approximate surface area is 280 Å². The highest BCUT2D eigenvalue weighted by molar-refractivity contribution is 9.10. The third-order valence-electron chi connectivity index (χ3n) is 10.1. The zero-order chi connectivity index (χ0) is 32.2. The number of carbonyl (C=O) groups is 1. The number of nitrogens with zero attached hydrogens (tertiary/aromatic N) is 6. The molecule has 3 atom stereocenters. The minimum Gasteiger partial charge on any atom is -0.475 e. The number of likely N-dealkylation sites (tertiary alicyclic amines) is 2. The molecule has 2 unspecified atom stereocenters. The summed E-state index contributed by atoms with van der Waals surface area (Å²) in [6.45, 7) is 9.91. The van der Waals surface area contributed by atoms with Crippen molar-refractivity contribution in [3.63, 3.8) is 0 Å². The number of hydrogen-bond donors (Lipinski definition) is 0. The van der Waals surface area contributed by atoms with Gasteiger partial charge in [0, 0.05) is 71.0 Å². The van der Waals surface area contributed by atoms with Crippen molar-refractivity contribution in [2.24, 2.45) is 0 Å². The number of hydrogen-bond acceptors (Lipinski definition) is 8. The number of pyridine rings is 1. The summed E-state index contributed by atoms with van der Waals surface area (Å²) < 4.78 is 13.3. The first-order valence-electron chi connectivity index (χ1n) is 16.6. The molecule has 0 spiro atoms. The van der Waals surface area contributed by atoms with Crippen LogP contribution in [0.15, 0.2) is 40.9 Å². The van der Waals surface area contributed by atoms with Gasteiger partial charge in [0.05, 0.1) is 0 Å². The highest BCUT2D eigenvalue weighted by atomic mass is 79.9. The van der Waals surface area contributed by atoms with Crippen molar-refractivity contribution in [3.8, 4) is 11.9 Å². The summed E-state index contributed by atoms with van der Waals surface area (Å²) in [6, 6.07) is 15.8. The summed E-state index contributed by atoms with van der Waals surface area (Å²) >= 11 is 3.80. The van der Waals surface area contributed by atoms with Crippen molar-refractivity contribution >= 4 is 44.3 Å². The standard InChI is InChI=1S/C36H43BrN6O3/c1-36(2,3)46-35(44)42-19-24-13-14-25(20-42)43(24)33-27-15-17-41(31-12-6-9-23-8-5-11-30(37)32(23)31)21-29(27)28(18-38)34(39-33)45-22-26-10-7-16-40(26)4/h5-6,8-9,11-12,24-26H,7,10,13-17,19-22H2,1-4H3/t24?,25?,26-/m0/s1. The number of carbonyl (C=O) groups excluding carboxylic acids is 1. The molecule has 2 aromatic carbocycles. The first-order chi connectivity index (χ1) is 22.1. The largest absolute Gasteiger partial charge is 0.475 e. The van der Waals surface area contributed by atoms with E-state index in [1.807, 2.05) is 25.7 Å². The molecule has 46 heavy (non-hydrogen) atoms. The molecule has 1 amide bonds. The Morgan fingerprint density at radius 3 is 2.48 bits per heavy atom. The van der Waals surface area contributed by atoms with Crippen molar-refractivity contribution in [2.45, 2.75) is 83.1 Å². The van der Waals surface area contributed by atoms with Gasteiger partial charge in [0.25, 0.3) is 0 Å². The van der Waals surface area contributed by atoms with E-state index in [9.17, 15) is 10.1 Å². The monoisotopic (exact) mass is 686 g/mol. The van der Waals surface area contributed by atoms with E-state index in [0.717, 1.165) is 72.3 Å². The Hall–Kier alpha value is -3.55. The van der Waals surface area contributed by atoms with E-state index in [1.54, 1.807) is 0 Å². The smallest absolute Gasteiger partial charge is 0.410 e. The summed E-state index contributed by atoms with van der Waals surface area (Å²) in [4.78, 5) is 27.3. The lowest BCUT2D eigenvalue weighted by atomic mass is 9.94. The molecule has 0 aliphatic carbocycles. The molecule has 10 heteroatoms. The molecule has 1 aromatic heterocycles. The number of aromatic nitrogens is 1. The van der Waals surface area contributed by atoms with Crippen LogP contribution in [0.2, 0.25) is 0 Å². The van der Waals surface area contributed by atoms with E-state index in [2.05, 4.69) is 80.1 Å². The molecule has 0 saturated carbocycles. The van der Waals surface area contributed by atoms with Gasteiger partial charge < -0.3 is 29.1 Å². The molecule has 3 fully saturated rings. The Kier molecular flexibility index (Phi) is 8.26. The Morgan fingerprint density at radius 1 is 1.07 bits per heavy atom. The van der Waals surface area contributed by atoms with Crippen molar-refractivity contribution in [3.05, 3.63) is 57.6 Å². The number of likely N-dealkylation sites (N-methyl/N-ethyl adjacent to an activating group) is 1.